The van der Waals surface area contributed by atoms with Crippen molar-refractivity contribution in [2.24, 2.45) is 0 Å². The number of carbonyl (C=O) groups is 1. The monoisotopic (exact) mass is 432 g/mol. The lowest BCUT2D eigenvalue weighted by molar-refractivity contribution is -0.147. The topological polar surface area (TPSA) is 82.5 Å². The van der Waals surface area contributed by atoms with Gasteiger partial charge in [0.05, 0.1) is 12.7 Å². The highest BCUT2D eigenvalue weighted by atomic mass is 19.2. The van der Waals surface area contributed by atoms with Crippen LogP contribution in [0.1, 0.15) is 26.2 Å². The second-order valence-electron chi connectivity index (χ2n) is 7.79. The first-order valence-electron chi connectivity index (χ1n) is 10.1. The number of aliphatic hydroxyl groups excluding tert-OH is 1. The van der Waals surface area contributed by atoms with Crippen molar-refractivity contribution in [2.75, 3.05) is 39.4 Å². The molecule has 0 unspecified atom stereocenters. The molecule has 2 N–H and O–H groups in total. The van der Waals surface area contributed by atoms with Crippen LogP contribution < -0.4 is 4.74 Å². The van der Waals surface area contributed by atoms with Gasteiger partial charge in [0.2, 0.25) is 0 Å². The average molecular weight is 432 g/mol. The summed E-state index contributed by atoms with van der Waals surface area (Å²) in [5.74, 6) is -4.65. The van der Waals surface area contributed by atoms with E-state index >= 15 is 0 Å². The highest BCUT2D eigenvalue weighted by Crippen LogP contribution is 2.29. The predicted octanol–water partition coefficient (Wildman–Crippen LogP) is 1.90. The van der Waals surface area contributed by atoms with Gasteiger partial charge in [0.25, 0.3) is 0 Å². The van der Waals surface area contributed by atoms with Crippen molar-refractivity contribution in [3.05, 3.63) is 29.6 Å². The lowest BCUT2D eigenvalue weighted by atomic mass is 9.88. The van der Waals surface area contributed by atoms with Gasteiger partial charge in [-0.25, -0.2) is 18.0 Å². The molecular weight excluding hydrogens is 405 g/mol. The van der Waals surface area contributed by atoms with Crippen LogP contribution in [-0.4, -0.2) is 83.2 Å². The molecule has 2 aliphatic heterocycles. The molecule has 2 heterocycles. The fourth-order valence-corrected chi connectivity index (χ4v) is 4.00. The Bertz CT molecular complexity index is 737. The van der Waals surface area contributed by atoms with Crippen molar-refractivity contribution in [3.8, 4) is 5.75 Å². The van der Waals surface area contributed by atoms with Gasteiger partial charge in [-0.2, -0.15) is 0 Å². The third-order valence-corrected chi connectivity index (χ3v) is 5.74. The zero-order valence-corrected chi connectivity index (χ0v) is 16.8. The lowest BCUT2D eigenvalue weighted by Gasteiger charge is -2.47. The predicted molar refractivity (Wildman–Crippen MR) is 101 cm³/mol. The Morgan fingerprint density at radius 1 is 1.17 bits per heavy atom. The van der Waals surface area contributed by atoms with Crippen LogP contribution in [0.25, 0.3) is 0 Å². The number of ether oxygens (including phenoxy) is 2. The molecule has 0 aliphatic carbocycles. The molecule has 0 aromatic heterocycles. The molecule has 168 valence electrons. The zero-order valence-electron chi connectivity index (χ0n) is 16.8. The summed E-state index contributed by atoms with van der Waals surface area (Å²) >= 11 is 0. The minimum absolute atomic E-state index is 0.102. The molecule has 2 atom stereocenters. The quantitative estimate of drug-likeness (QED) is 0.692. The molecule has 10 heteroatoms. The van der Waals surface area contributed by atoms with Crippen molar-refractivity contribution < 1.29 is 37.7 Å². The molecule has 7 nitrogen and oxygen atoms in total. The highest BCUT2D eigenvalue weighted by Gasteiger charge is 2.44. The third kappa shape index (κ3) is 4.98. The Hall–Kier alpha value is -2.04. The van der Waals surface area contributed by atoms with Crippen molar-refractivity contribution in [1.29, 1.82) is 0 Å². The van der Waals surface area contributed by atoms with E-state index in [1.807, 2.05) is 4.90 Å². The third-order valence-electron chi connectivity index (χ3n) is 5.74. The van der Waals surface area contributed by atoms with Crippen molar-refractivity contribution in [2.45, 2.75) is 43.9 Å². The molecule has 2 aliphatic rings. The summed E-state index contributed by atoms with van der Waals surface area (Å²) < 4.78 is 50.1. The summed E-state index contributed by atoms with van der Waals surface area (Å²) in [6.07, 6.45) is 0.266. The number of halogens is 3. The largest absolute Gasteiger partial charge is 0.490 e. The van der Waals surface area contributed by atoms with Crippen LogP contribution in [0.3, 0.4) is 0 Å². The molecule has 0 spiro atoms. The summed E-state index contributed by atoms with van der Waals surface area (Å²) in [5, 5.41) is 21.3. The van der Waals surface area contributed by atoms with Crippen LogP contribution in [0.4, 0.5) is 18.0 Å². The van der Waals surface area contributed by atoms with Crippen molar-refractivity contribution >= 4 is 6.09 Å². The normalized spacial score (nSPS) is 25.9. The van der Waals surface area contributed by atoms with Crippen LogP contribution in [0, 0.1) is 17.5 Å². The minimum Gasteiger partial charge on any atom is -0.490 e. The summed E-state index contributed by atoms with van der Waals surface area (Å²) in [4.78, 5) is 15.5. The maximum absolute atomic E-state index is 13.4. The van der Waals surface area contributed by atoms with Crippen LogP contribution in [-0.2, 0) is 4.74 Å². The maximum Gasteiger partial charge on any atom is 0.409 e. The van der Waals surface area contributed by atoms with Gasteiger partial charge in [-0.3, -0.25) is 4.90 Å². The van der Waals surface area contributed by atoms with E-state index in [2.05, 4.69) is 0 Å². The fourth-order valence-electron chi connectivity index (χ4n) is 4.00. The number of nitrogens with zero attached hydrogens (tertiary/aromatic N) is 2. The van der Waals surface area contributed by atoms with Crippen LogP contribution in [0.15, 0.2) is 12.1 Å². The molecule has 0 bridgehead atoms. The molecular formula is C20H27F3N2O5. The smallest absolute Gasteiger partial charge is 0.409 e. The Labute approximate surface area is 173 Å². The Balaban J connectivity index is 1.59. The van der Waals surface area contributed by atoms with E-state index in [1.165, 1.54) is 0 Å². The summed E-state index contributed by atoms with van der Waals surface area (Å²) in [7, 11) is 0. The lowest BCUT2D eigenvalue weighted by Crippen LogP contribution is -2.62. The van der Waals surface area contributed by atoms with Gasteiger partial charge in [0, 0.05) is 44.4 Å². The Kier molecular flexibility index (Phi) is 7.10. The molecule has 0 radical (unpaired) electrons. The number of aliphatic hydroxyl groups is 2. The van der Waals surface area contributed by atoms with Crippen LogP contribution in [0.5, 0.6) is 5.75 Å². The summed E-state index contributed by atoms with van der Waals surface area (Å²) in [6.45, 7) is 3.39. The number of piperidine rings is 2. The number of carbonyl (C=O) groups excluding carboxylic acids is 1. The number of hydrogen-bond acceptors (Lipinski definition) is 6. The minimum atomic E-state index is -1.65. The summed E-state index contributed by atoms with van der Waals surface area (Å²) in [6, 6.07) is 1.50. The standard InChI is InChI=1S/C20H27F3N2O5/c1-2-29-19(27)24-6-3-13(4-7-24)25-8-5-17(26)20(28,11-25)12-30-14-9-15(21)18(23)16(22)10-14/h9-10,13,17,26,28H,2-8,11-12H2,1H3/t17-,20-/m0/s1. The van der Waals surface area contributed by atoms with Gasteiger partial charge in [-0.05, 0) is 26.2 Å². The van der Waals surface area contributed by atoms with Gasteiger partial charge in [0.15, 0.2) is 17.5 Å². The molecule has 0 saturated carbocycles. The van der Waals surface area contributed by atoms with E-state index < -0.39 is 35.8 Å². The van der Waals surface area contributed by atoms with Crippen LogP contribution in [0.2, 0.25) is 0 Å². The Morgan fingerprint density at radius 3 is 2.40 bits per heavy atom. The number of amides is 1. The Morgan fingerprint density at radius 2 is 1.80 bits per heavy atom. The molecule has 2 fully saturated rings. The van der Waals surface area contributed by atoms with E-state index in [-0.39, 0.29) is 24.4 Å². The van der Waals surface area contributed by atoms with E-state index in [9.17, 15) is 28.2 Å². The van der Waals surface area contributed by atoms with Gasteiger partial charge >= 0.3 is 6.09 Å². The second kappa shape index (κ2) is 9.40. The van der Waals surface area contributed by atoms with E-state index in [1.54, 1.807) is 11.8 Å². The fraction of sp³-hybridized carbons (Fsp3) is 0.650. The maximum atomic E-state index is 13.4. The average Bonchev–Trinajstić information content (AvgIpc) is 2.73. The van der Waals surface area contributed by atoms with Gasteiger partial charge < -0.3 is 24.6 Å². The molecule has 1 amide bonds. The van der Waals surface area contributed by atoms with Crippen LogP contribution >= 0.6 is 0 Å². The van der Waals surface area contributed by atoms with Crippen molar-refractivity contribution in [3.63, 3.8) is 0 Å². The first kappa shape index (κ1) is 22.6. The number of likely N-dealkylation sites (tertiary alicyclic amines) is 2. The number of rotatable bonds is 5. The van der Waals surface area contributed by atoms with Gasteiger partial charge in [0.1, 0.15) is 18.0 Å². The molecule has 1 aromatic carbocycles. The highest BCUT2D eigenvalue weighted by molar-refractivity contribution is 5.67. The van der Waals surface area contributed by atoms with Gasteiger partial charge in [-0.1, -0.05) is 0 Å². The van der Waals surface area contributed by atoms with E-state index in [0.29, 0.717) is 57.6 Å². The number of hydrogen-bond donors (Lipinski definition) is 2. The summed E-state index contributed by atoms with van der Waals surface area (Å²) in [5.41, 5.74) is -1.65. The second-order valence-corrected chi connectivity index (χ2v) is 7.79. The molecule has 30 heavy (non-hydrogen) atoms. The molecule has 1 aromatic rings. The zero-order chi connectivity index (χ0) is 21.9. The first-order chi connectivity index (χ1) is 14.2. The van der Waals surface area contributed by atoms with Crippen molar-refractivity contribution in [1.82, 2.24) is 9.80 Å². The van der Waals surface area contributed by atoms with E-state index in [4.69, 9.17) is 9.47 Å². The molecule has 2 saturated heterocycles. The molecule has 3 rings (SSSR count). The van der Waals surface area contributed by atoms with E-state index in [0.717, 1.165) is 0 Å². The SMILES string of the molecule is CCOC(=O)N1CCC(N2CC[C@H](O)[C@@](O)(COc3cc(F)c(F)c(F)c3)C2)CC1. The first-order valence-corrected chi connectivity index (χ1v) is 10.1. The van der Waals surface area contributed by atoms with Gasteiger partial charge in [-0.15, -0.1) is 0 Å². The number of β-amino-alcohol motifs (C(OH)–C–C–N with tert-alkyl or cyclic N) is 1. The number of benzene rings is 1.